The van der Waals surface area contributed by atoms with Gasteiger partial charge in [-0.2, -0.15) is 0 Å². The lowest BCUT2D eigenvalue weighted by Gasteiger charge is -2.15. The first-order valence-electron chi connectivity index (χ1n) is 9.25. The van der Waals surface area contributed by atoms with Crippen molar-refractivity contribution in [2.24, 2.45) is 0 Å². The molecule has 0 aromatic heterocycles. The van der Waals surface area contributed by atoms with Gasteiger partial charge >= 0.3 is 5.97 Å². The fourth-order valence-corrected chi connectivity index (χ4v) is 4.20. The molecule has 2 aromatic rings. The molecule has 0 radical (unpaired) electrons. The Morgan fingerprint density at radius 3 is 2.45 bits per heavy atom. The number of nitrogens with zero attached hydrogens (tertiary/aromatic N) is 1. The van der Waals surface area contributed by atoms with Crippen molar-refractivity contribution in [1.82, 2.24) is 4.90 Å². The Balaban J connectivity index is 1.52. The van der Waals surface area contributed by atoms with Crippen molar-refractivity contribution in [3.8, 4) is 0 Å². The average Bonchev–Trinajstić information content (AvgIpc) is 3.27. The fourth-order valence-electron chi connectivity index (χ4n) is 2.90. The van der Waals surface area contributed by atoms with Gasteiger partial charge in [-0.05, 0) is 71.8 Å². The van der Waals surface area contributed by atoms with Crippen molar-refractivity contribution in [1.29, 1.82) is 0 Å². The highest BCUT2D eigenvalue weighted by Gasteiger charge is 2.20. The van der Waals surface area contributed by atoms with E-state index in [9.17, 15) is 14.4 Å². The van der Waals surface area contributed by atoms with Crippen molar-refractivity contribution < 1.29 is 19.1 Å². The smallest absolute Gasteiger partial charge is 0.339 e. The van der Waals surface area contributed by atoms with Crippen LogP contribution in [0, 0.1) is 3.57 Å². The lowest BCUT2D eigenvalue weighted by molar-refractivity contribution is -0.127. The molecule has 3 rings (SSSR count). The summed E-state index contributed by atoms with van der Waals surface area (Å²) < 4.78 is 6.23. The quantitative estimate of drug-likeness (QED) is 0.339. The topological polar surface area (TPSA) is 75.7 Å². The molecule has 0 aliphatic carbocycles. The number of halogens is 1. The lowest BCUT2D eigenvalue weighted by Crippen LogP contribution is -2.29. The van der Waals surface area contributed by atoms with Crippen LogP contribution in [0.15, 0.2) is 53.4 Å². The van der Waals surface area contributed by atoms with E-state index < -0.39 is 11.9 Å². The monoisotopic (exact) mass is 524 g/mol. The van der Waals surface area contributed by atoms with E-state index in [-0.39, 0.29) is 18.3 Å². The second-order valence-electron chi connectivity index (χ2n) is 6.50. The number of thioether (sulfide) groups is 1. The van der Waals surface area contributed by atoms with Crippen LogP contribution in [0.5, 0.6) is 0 Å². The van der Waals surface area contributed by atoms with Gasteiger partial charge in [-0.3, -0.25) is 9.59 Å². The van der Waals surface area contributed by atoms with Gasteiger partial charge in [0.1, 0.15) is 0 Å². The van der Waals surface area contributed by atoms with E-state index in [1.807, 2.05) is 23.1 Å². The average molecular weight is 524 g/mol. The molecule has 2 amide bonds. The number of carbonyl (C=O) groups is 3. The molecule has 2 aromatic carbocycles. The first-order valence-corrected chi connectivity index (χ1v) is 11.3. The third-order valence-corrected chi connectivity index (χ3v) is 6.16. The number of benzene rings is 2. The maximum Gasteiger partial charge on any atom is 0.339 e. The van der Waals surface area contributed by atoms with E-state index >= 15 is 0 Å². The van der Waals surface area contributed by atoms with Crippen LogP contribution in [-0.4, -0.2) is 48.1 Å². The number of hydrogen-bond acceptors (Lipinski definition) is 5. The second-order valence-corrected chi connectivity index (χ2v) is 8.77. The molecule has 0 spiro atoms. The van der Waals surface area contributed by atoms with Gasteiger partial charge in [-0.15, -0.1) is 11.8 Å². The van der Waals surface area contributed by atoms with Crippen LogP contribution >= 0.6 is 34.4 Å². The van der Waals surface area contributed by atoms with Gasteiger partial charge in [0.2, 0.25) is 5.91 Å². The molecule has 1 fully saturated rings. The van der Waals surface area contributed by atoms with Crippen molar-refractivity contribution in [2.75, 3.05) is 30.8 Å². The first kappa shape index (κ1) is 21.6. The molecular formula is C21H21IN2O4S. The van der Waals surface area contributed by atoms with Crippen LogP contribution in [0.4, 0.5) is 5.69 Å². The zero-order valence-electron chi connectivity index (χ0n) is 15.7. The van der Waals surface area contributed by atoms with Crippen LogP contribution in [0.25, 0.3) is 0 Å². The van der Waals surface area contributed by atoms with Crippen molar-refractivity contribution in [3.05, 3.63) is 57.7 Å². The number of amides is 2. The Morgan fingerprint density at radius 2 is 1.72 bits per heavy atom. The Morgan fingerprint density at radius 1 is 1.03 bits per heavy atom. The summed E-state index contributed by atoms with van der Waals surface area (Å²) in [5.41, 5.74) is 0.997. The summed E-state index contributed by atoms with van der Waals surface area (Å²) in [6.45, 7) is 1.23. The summed E-state index contributed by atoms with van der Waals surface area (Å²) in [5, 5.41) is 2.69. The highest BCUT2D eigenvalue weighted by Crippen LogP contribution is 2.24. The molecular weight excluding hydrogens is 503 g/mol. The third-order valence-electron chi connectivity index (χ3n) is 4.38. The van der Waals surface area contributed by atoms with E-state index in [1.54, 1.807) is 30.3 Å². The minimum atomic E-state index is -0.584. The molecule has 1 aliphatic heterocycles. The Labute approximate surface area is 187 Å². The van der Waals surface area contributed by atoms with E-state index in [0.717, 1.165) is 29.5 Å². The SMILES string of the molecule is O=C(COC(=O)c1ccccc1SCC(=O)N1CCCC1)Nc1ccc(I)cc1. The van der Waals surface area contributed by atoms with Gasteiger partial charge in [0.15, 0.2) is 6.61 Å². The first-order chi connectivity index (χ1) is 14.0. The summed E-state index contributed by atoms with van der Waals surface area (Å²) in [5.74, 6) is -0.640. The molecule has 29 heavy (non-hydrogen) atoms. The molecule has 6 nitrogen and oxygen atoms in total. The maximum atomic E-state index is 12.5. The minimum absolute atomic E-state index is 0.0765. The number of anilines is 1. The predicted molar refractivity (Wildman–Crippen MR) is 121 cm³/mol. The minimum Gasteiger partial charge on any atom is -0.452 e. The van der Waals surface area contributed by atoms with Gasteiger partial charge in [-0.1, -0.05) is 12.1 Å². The van der Waals surface area contributed by atoms with Crippen LogP contribution in [0.1, 0.15) is 23.2 Å². The normalized spacial score (nSPS) is 13.2. The number of ether oxygens (including phenoxy) is 1. The largest absolute Gasteiger partial charge is 0.452 e. The molecule has 8 heteroatoms. The molecule has 1 saturated heterocycles. The van der Waals surface area contributed by atoms with Gasteiger partial charge in [0.25, 0.3) is 5.91 Å². The molecule has 0 atom stereocenters. The number of hydrogen-bond donors (Lipinski definition) is 1. The van der Waals surface area contributed by atoms with Crippen molar-refractivity contribution in [2.45, 2.75) is 17.7 Å². The molecule has 0 saturated carbocycles. The maximum absolute atomic E-state index is 12.5. The van der Waals surface area contributed by atoms with Gasteiger partial charge in [0.05, 0.1) is 11.3 Å². The standard InChI is InChI=1S/C21H21IN2O4S/c22-15-7-9-16(10-8-15)23-19(25)13-28-21(27)17-5-1-2-6-18(17)29-14-20(26)24-11-3-4-12-24/h1-2,5-10H,3-4,11-14H2,(H,23,25). The number of carbonyl (C=O) groups excluding carboxylic acids is 3. The number of esters is 1. The zero-order valence-corrected chi connectivity index (χ0v) is 18.7. The highest BCUT2D eigenvalue weighted by atomic mass is 127. The van der Waals surface area contributed by atoms with Gasteiger partial charge < -0.3 is 15.0 Å². The van der Waals surface area contributed by atoms with E-state index in [2.05, 4.69) is 27.9 Å². The van der Waals surface area contributed by atoms with Gasteiger partial charge in [0, 0.05) is 27.2 Å². The van der Waals surface area contributed by atoms with Crippen LogP contribution in [0.2, 0.25) is 0 Å². The molecule has 1 aliphatic rings. The summed E-state index contributed by atoms with van der Waals surface area (Å²) in [6.07, 6.45) is 2.09. The van der Waals surface area contributed by atoms with Crippen LogP contribution in [-0.2, 0) is 14.3 Å². The Hall–Kier alpha value is -2.07. The molecule has 1 heterocycles. The zero-order chi connectivity index (χ0) is 20.6. The third kappa shape index (κ3) is 6.46. The number of nitrogens with one attached hydrogen (secondary N) is 1. The van der Waals surface area contributed by atoms with Crippen LogP contribution < -0.4 is 5.32 Å². The molecule has 0 bridgehead atoms. The fraction of sp³-hybridized carbons (Fsp3) is 0.286. The summed E-state index contributed by atoms with van der Waals surface area (Å²) in [4.78, 5) is 39.3. The predicted octanol–water partition coefficient (Wildman–Crippen LogP) is 3.80. The Kier molecular flexibility index (Phi) is 7.93. The molecule has 1 N–H and O–H groups in total. The lowest BCUT2D eigenvalue weighted by atomic mass is 10.2. The van der Waals surface area contributed by atoms with Gasteiger partial charge in [-0.25, -0.2) is 4.79 Å². The van der Waals surface area contributed by atoms with E-state index in [0.29, 0.717) is 16.1 Å². The summed E-state index contributed by atoms with van der Waals surface area (Å²) >= 11 is 3.49. The summed E-state index contributed by atoms with van der Waals surface area (Å²) in [6, 6.07) is 14.3. The summed E-state index contributed by atoms with van der Waals surface area (Å²) in [7, 11) is 0. The van der Waals surface area contributed by atoms with E-state index in [4.69, 9.17) is 4.74 Å². The van der Waals surface area contributed by atoms with Crippen molar-refractivity contribution in [3.63, 3.8) is 0 Å². The number of likely N-dealkylation sites (tertiary alicyclic amines) is 1. The molecule has 152 valence electrons. The number of rotatable bonds is 7. The highest BCUT2D eigenvalue weighted by molar-refractivity contribution is 14.1. The Bertz CT molecular complexity index is 883. The van der Waals surface area contributed by atoms with Crippen molar-refractivity contribution >= 4 is 57.8 Å². The molecule has 0 unspecified atom stereocenters. The van der Waals surface area contributed by atoms with E-state index in [1.165, 1.54) is 11.8 Å². The van der Waals surface area contributed by atoms with Crippen LogP contribution in [0.3, 0.4) is 0 Å². The second kappa shape index (κ2) is 10.6.